The van der Waals surface area contributed by atoms with E-state index in [2.05, 4.69) is 15.5 Å². The Morgan fingerprint density at radius 2 is 1.86 bits per heavy atom. The van der Waals surface area contributed by atoms with Gasteiger partial charge in [-0.25, -0.2) is 0 Å². The van der Waals surface area contributed by atoms with Crippen LogP contribution >= 0.6 is 0 Å². The monoisotopic (exact) mass is 279 g/mol. The van der Waals surface area contributed by atoms with Gasteiger partial charge in [0, 0.05) is 11.3 Å². The van der Waals surface area contributed by atoms with E-state index in [9.17, 15) is 4.79 Å². The summed E-state index contributed by atoms with van der Waals surface area (Å²) in [6.45, 7) is 1.95. The number of aromatic nitrogens is 2. The minimum absolute atomic E-state index is 0.0599. The fourth-order valence-electron chi connectivity index (χ4n) is 1.92. The van der Waals surface area contributed by atoms with Crippen molar-refractivity contribution >= 4 is 11.6 Å². The number of hydrogen-bond donors (Lipinski definition) is 1. The molecule has 1 N–H and O–H groups in total. The largest absolute Gasteiger partial charge is 0.412 e. The van der Waals surface area contributed by atoms with Crippen molar-refractivity contribution in [3.05, 3.63) is 66.1 Å². The minimum Gasteiger partial charge on any atom is -0.412 e. The van der Waals surface area contributed by atoms with Gasteiger partial charge >= 0.3 is 11.8 Å². The lowest BCUT2D eigenvalue weighted by Gasteiger charge is -2.02. The second kappa shape index (κ2) is 5.58. The summed E-state index contributed by atoms with van der Waals surface area (Å²) in [7, 11) is 0. The Labute approximate surface area is 121 Å². The standard InChI is InChI=1S/C16H13N3O2/c1-11-6-5-9-13(10-11)17-14(20)16-19-18-15(21-16)12-7-3-2-4-8-12/h2-10H,1H3,(H,17,20). The van der Waals surface area contributed by atoms with Crippen molar-refractivity contribution in [3.8, 4) is 11.5 Å². The van der Waals surface area contributed by atoms with Gasteiger partial charge in [-0.1, -0.05) is 30.3 Å². The lowest BCUT2D eigenvalue weighted by Crippen LogP contribution is -2.12. The highest BCUT2D eigenvalue weighted by atomic mass is 16.4. The molecule has 0 fully saturated rings. The Morgan fingerprint density at radius 1 is 1.05 bits per heavy atom. The number of nitrogens with zero attached hydrogens (tertiary/aromatic N) is 2. The number of carbonyl (C=O) groups is 1. The molecule has 5 nitrogen and oxygen atoms in total. The third-order valence-electron chi connectivity index (χ3n) is 2.92. The fraction of sp³-hybridized carbons (Fsp3) is 0.0625. The highest BCUT2D eigenvalue weighted by Gasteiger charge is 2.15. The van der Waals surface area contributed by atoms with E-state index in [1.54, 1.807) is 6.07 Å². The first kappa shape index (κ1) is 13.1. The number of anilines is 1. The molecule has 0 saturated heterocycles. The van der Waals surface area contributed by atoms with E-state index in [0.717, 1.165) is 11.1 Å². The van der Waals surface area contributed by atoms with Gasteiger partial charge in [0.2, 0.25) is 5.89 Å². The molecule has 0 atom stereocenters. The summed E-state index contributed by atoms with van der Waals surface area (Å²) in [6, 6.07) is 16.8. The maximum atomic E-state index is 12.1. The highest BCUT2D eigenvalue weighted by Crippen LogP contribution is 2.18. The van der Waals surface area contributed by atoms with Crippen molar-refractivity contribution in [2.45, 2.75) is 6.92 Å². The number of nitrogens with one attached hydrogen (secondary N) is 1. The molecule has 1 heterocycles. The first-order chi connectivity index (χ1) is 10.2. The Morgan fingerprint density at radius 3 is 2.62 bits per heavy atom. The van der Waals surface area contributed by atoms with Crippen LogP contribution in [0.2, 0.25) is 0 Å². The predicted molar refractivity (Wildman–Crippen MR) is 78.9 cm³/mol. The van der Waals surface area contributed by atoms with Crippen molar-refractivity contribution in [1.29, 1.82) is 0 Å². The third kappa shape index (κ3) is 2.97. The topological polar surface area (TPSA) is 68.0 Å². The predicted octanol–water partition coefficient (Wildman–Crippen LogP) is 3.30. The zero-order valence-corrected chi connectivity index (χ0v) is 11.4. The Kier molecular flexibility index (Phi) is 3.47. The van der Waals surface area contributed by atoms with Gasteiger partial charge in [-0.3, -0.25) is 4.79 Å². The summed E-state index contributed by atoms with van der Waals surface area (Å²) in [6.07, 6.45) is 0. The molecular weight excluding hydrogens is 266 g/mol. The van der Waals surface area contributed by atoms with Crippen LogP contribution < -0.4 is 5.32 Å². The zero-order chi connectivity index (χ0) is 14.7. The molecule has 3 rings (SSSR count). The molecule has 0 aliphatic carbocycles. The van der Waals surface area contributed by atoms with E-state index < -0.39 is 5.91 Å². The van der Waals surface area contributed by atoms with Gasteiger partial charge in [0.05, 0.1) is 0 Å². The average molecular weight is 279 g/mol. The number of rotatable bonds is 3. The molecule has 0 spiro atoms. The Bertz CT molecular complexity index is 766. The molecule has 0 aliphatic heterocycles. The molecule has 0 unspecified atom stereocenters. The van der Waals surface area contributed by atoms with Crippen molar-refractivity contribution in [2.75, 3.05) is 5.32 Å². The van der Waals surface area contributed by atoms with Gasteiger partial charge in [-0.05, 0) is 36.8 Å². The molecule has 21 heavy (non-hydrogen) atoms. The van der Waals surface area contributed by atoms with Crippen LogP contribution in [0, 0.1) is 6.92 Å². The first-order valence-electron chi connectivity index (χ1n) is 6.49. The number of benzene rings is 2. The van der Waals surface area contributed by atoms with Crippen molar-refractivity contribution in [3.63, 3.8) is 0 Å². The van der Waals surface area contributed by atoms with E-state index in [4.69, 9.17) is 4.42 Å². The van der Waals surface area contributed by atoms with Crippen LogP contribution in [-0.2, 0) is 0 Å². The number of carbonyl (C=O) groups excluding carboxylic acids is 1. The maximum absolute atomic E-state index is 12.1. The summed E-state index contributed by atoms with van der Waals surface area (Å²) in [5, 5.41) is 10.4. The lowest BCUT2D eigenvalue weighted by molar-refractivity contribution is 0.0991. The van der Waals surface area contributed by atoms with Crippen molar-refractivity contribution in [1.82, 2.24) is 10.2 Å². The third-order valence-corrected chi connectivity index (χ3v) is 2.92. The minimum atomic E-state index is -0.421. The van der Waals surface area contributed by atoms with Gasteiger partial charge in [-0.2, -0.15) is 0 Å². The molecule has 5 heteroatoms. The van der Waals surface area contributed by atoms with Crippen LogP contribution in [0.15, 0.2) is 59.0 Å². The number of hydrogen-bond acceptors (Lipinski definition) is 4. The molecular formula is C16H13N3O2. The van der Waals surface area contributed by atoms with Crippen LogP contribution in [0.1, 0.15) is 16.2 Å². The molecule has 1 aromatic heterocycles. The molecule has 0 bridgehead atoms. The Balaban J connectivity index is 1.78. The van der Waals surface area contributed by atoms with Gasteiger partial charge in [-0.15, -0.1) is 10.2 Å². The van der Waals surface area contributed by atoms with Crippen LogP contribution in [0.25, 0.3) is 11.5 Å². The molecule has 0 radical (unpaired) electrons. The maximum Gasteiger partial charge on any atom is 0.313 e. The average Bonchev–Trinajstić information content (AvgIpc) is 2.98. The van der Waals surface area contributed by atoms with Crippen molar-refractivity contribution in [2.24, 2.45) is 0 Å². The van der Waals surface area contributed by atoms with E-state index in [1.807, 2.05) is 55.5 Å². The fourth-order valence-corrected chi connectivity index (χ4v) is 1.92. The number of amides is 1. The van der Waals surface area contributed by atoms with E-state index in [0.29, 0.717) is 11.6 Å². The van der Waals surface area contributed by atoms with E-state index in [-0.39, 0.29) is 5.89 Å². The second-order valence-corrected chi connectivity index (χ2v) is 4.60. The molecule has 0 aliphatic rings. The molecule has 0 saturated carbocycles. The quantitative estimate of drug-likeness (QED) is 0.798. The zero-order valence-electron chi connectivity index (χ0n) is 11.4. The van der Waals surface area contributed by atoms with E-state index in [1.165, 1.54) is 0 Å². The summed E-state index contributed by atoms with van der Waals surface area (Å²) >= 11 is 0. The first-order valence-corrected chi connectivity index (χ1v) is 6.49. The Hall–Kier alpha value is -2.95. The van der Waals surface area contributed by atoms with Crippen LogP contribution in [0.5, 0.6) is 0 Å². The lowest BCUT2D eigenvalue weighted by atomic mass is 10.2. The van der Waals surface area contributed by atoms with E-state index >= 15 is 0 Å². The summed E-state index contributed by atoms with van der Waals surface area (Å²) in [4.78, 5) is 12.1. The second-order valence-electron chi connectivity index (χ2n) is 4.60. The molecule has 3 aromatic rings. The normalized spacial score (nSPS) is 10.3. The van der Waals surface area contributed by atoms with Gasteiger partial charge < -0.3 is 9.73 Å². The SMILES string of the molecule is Cc1cccc(NC(=O)c2nnc(-c3ccccc3)o2)c1. The summed E-state index contributed by atoms with van der Waals surface area (Å²) < 4.78 is 5.40. The number of aryl methyl sites for hydroxylation is 1. The van der Waals surface area contributed by atoms with Crippen molar-refractivity contribution < 1.29 is 9.21 Å². The molecule has 104 valence electrons. The van der Waals surface area contributed by atoms with Gasteiger partial charge in [0.15, 0.2) is 0 Å². The smallest absolute Gasteiger partial charge is 0.313 e. The van der Waals surface area contributed by atoms with Crippen LogP contribution in [-0.4, -0.2) is 16.1 Å². The van der Waals surface area contributed by atoms with Gasteiger partial charge in [0.1, 0.15) is 0 Å². The summed E-state index contributed by atoms with van der Waals surface area (Å²) in [5.74, 6) is -0.157. The highest BCUT2D eigenvalue weighted by molar-refractivity contribution is 6.00. The molecule has 1 amide bonds. The molecule has 2 aromatic carbocycles. The van der Waals surface area contributed by atoms with Crippen LogP contribution in [0.4, 0.5) is 5.69 Å². The van der Waals surface area contributed by atoms with Crippen LogP contribution in [0.3, 0.4) is 0 Å². The summed E-state index contributed by atoms with van der Waals surface area (Å²) in [5.41, 5.74) is 2.53. The van der Waals surface area contributed by atoms with Gasteiger partial charge in [0.25, 0.3) is 0 Å².